The fourth-order valence-corrected chi connectivity index (χ4v) is 2.60. The largest absolute Gasteiger partial charge is 0.497 e. The lowest BCUT2D eigenvalue weighted by Crippen LogP contribution is -2.31. The molecule has 0 heterocycles. The van der Waals surface area contributed by atoms with E-state index in [1.807, 2.05) is 50.2 Å². The number of nitrogens with zero attached hydrogens (tertiary/aromatic N) is 1. The first-order valence-corrected chi connectivity index (χ1v) is 9.29. The van der Waals surface area contributed by atoms with Crippen LogP contribution < -0.4 is 24.8 Å². The lowest BCUT2D eigenvalue weighted by molar-refractivity contribution is 0.187. The summed E-state index contributed by atoms with van der Waals surface area (Å²) in [4.78, 5) is 4.49. The standard InChI is InChI=1S/C21H29N3O4.HI/c1-5-22-21(23-14-18(25)15-8-7-9-17(12-15)26-3)24-16-10-11-19(28-6-2)20(13-16)27-4;/h7-13,18,25H,5-6,14H2,1-4H3,(H2,22,23,24);1H. The number of rotatable bonds is 9. The number of anilines is 1. The summed E-state index contributed by atoms with van der Waals surface area (Å²) in [5.41, 5.74) is 1.55. The van der Waals surface area contributed by atoms with E-state index >= 15 is 0 Å². The molecule has 0 bridgehead atoms. The zero-order chi connectivity index (χ0) is 20.4. The van der Waals surface area contributed by atoms with Crippen molar-refractivity contribution in [1.29, 1.82) is 0 Å². The Labute approximate surface area is 189 Å². The molecule has 0 fully saturated rings. The van der Waals surface area contributed by atoms with Crippen LogP contribution in [0.2, 0.25) is 0 Å². The minimum atomic E-state index is -0.736. The average Bonchev–Trinajstić information content (AvgIpc) is 2.73. The van der Waals surface area contributed by atoms with Gasteiger partial charge in [-0.05, 0) is 43.7 Å². The Morgan fingerprint density at radius 2 is 1.86 bits per heavy atom. The zero-order valence-electron chi connectivity index (χ0n) is 17.3. The molecular weight excluding hydrogens is 485 g/mol. The van der Waals surface area contributed by atoms with Crippen LogP contribution in [0.1, 0.15) is 25.5 Å². The fraction of sp³-hybridized carbons (Fsp3) is 0.381. The Balaban J connectivity index is 0.00000420. The highest BCUT2D eigenvalue weighted by Gasteiger charge is 2.10. The van der Waals surface area contributed by atoms with Crippen molar-refractivity contribution in [2.75, 3.05) is 39.2 Å². The smallest absolute Gasteiger partial charge is 0.195 e. The van der Waals surface area contributed by atoms with Crippen LogP contribution >= 0.6 is 24.0 Å². The van der Waals surface area contributed by atoms with Crippen LogP contribution in [0.15, 0.2) is 47.5 Å². The molecule has 0 saturated heterocycles. The van der Waals surface area contributed by atoms with Crippen molar-refractivity contribution in [1.82, 2.24) is 5.32 Å². The second-order valence-electron chi connectivity index (χ2n) is 5.94. The van der Waals surface area contributed by atoms with Gasteiger partial charge in [0.25, 0.3) is 0 Å². The molecule has 2 aromatic rings. The molecule has 0 aliphatic heterocycles. The number of hydrogen-bond donors (Lipinski definition) is 3. The van der Waals surface area contributed by atoms with Gasteiger partial charge in [0.05, 0.1) is 33.5 Å². The number of methoxy groups -OCH3 is 2. The molecule has 0 amide bonds. The molecule has 0 saturated carbocycles. The Bertz CT molecular complexity index is 786. The van der Waals surface area contributed by atoms with E-state index in [-0.39, 0.29) is 30.5 Å². The minimum Gasteiger partial charge on any atom is -0.497 e. The molecule has 2 rings (SSSR count). The van der Waals surface area contributed by atoms with Crippen LogP contribution in [0.4, 0.5) is 5.69 Å². The molecule has 7 nitrogen and oxygen atoms in total. The van der Waals surface area contributed by atoms with Crippen LogP contribution in [0.25, 0.3) is 0 Å². The van der Waals surface area contributed by atoms with Crippen LogP contribution in [0, 0.1) is 0 Å². The van der Waals surface area contributed by atoms with Gasteiger partial charge in [0.1, 0.15) is 5.75 Å². The maximum atomic E-state index is 10.4. The highest BCUT2D eigenvalue weighted by Crippen LogP contribution is 2.30. The van der Waals surface area contributed by atoms with Crippen molar-refractivity contribution in [2.24, 2.45) is 4.99 Å². The monoisotopic (exact) mass is 515 g/mol. The highest BCUT2D eigenvalue weighted by molar-refractivity contribution is 14.0. The van der Waals surface area contributed by atoms with Crippen LogP contribution in [0.5, 0.6) is 17.2 Å². The molecular formula is C21H30IN3O4. The topological polar surface area (TPSA) is 84.3 Å². The molecule has 0 radical (unpaired) electrons. The van der Waals surface area contributed by atoms with E-state index in [0.717, 1.165) is 11.3 Å². The number of benzene rings is 2. The Morgan fingerprint density at radius 3 is 2.52 bits per heavy atom. The molecule has 0 spiro atoms. The third kappa shape index (κ3) is 7.62. The average molecular weight is 515 g/mol. The van der Waals surface area contributed by atoms with E-state index in [9.17, 15) is 5.11 Å². The van der Waals surface area contributed by atoms with Crippen molar-refractivity contribution in [3.8, 4) is 17.2 Å². The van der Waals surface area contributed by atoms with E-state index in [4.69, 9.17) is 14.2 Å². The minimum absolute atomic E-state index is 0. The number of guanidine groups is 1. The summed E-state index contributed by atoms with van der Waals surface area (Å²) in [7, 11) is 3.20. The number of ether oxygens (including phenoxy) is 3. The molecule has 1 atom stereocenters. The Hall–Kier alpha value is -2.20. The Morgan fingerprint density at radius 1 is 1.07 bits per heavy atom. The van der Waals surface area contributed by atoms with Gasteiger partial charge in [0.15, 0.2) is 17.5 Å². The third-order valence-corrected chi connectivity index (χ3v) is 3.97. The second kappa shape index (κ2) is 13.1. The maximum Gasteiger partial charge on any atom is 0.195 e. The van der Waals surface area contributed by atoms with Gasteiger partial charge in [0.2, 0.25) is 0 Å². The van der Waals surface area contributed by atoms with Gasteiger partial charge in [-0.2, -0.15) is 0 Å². The summed E-state index contributed by atoms with van der Waals surface area (Å²) in [6, 6.07) is 12.9. The lowest BCUT2D eigenvalue weighted by Gasteiger charge is -2.15. The summed E-state index contributed by atoms with van der Waals surface area (Å²) in [5.74, 6) is 2.59. The lowest BCUT2D eigenvalue weighted by atomic mass is 10.1. The first-order valence-electron chi connectivity index (χ1n) is 9.29. The third-order valence-electron chi connectivity index (χ3n) is 3.97. The number of hydrogen-bond acceptors (Lipinski definition) is 5. The normalized spacial score (nSPS) is 11.8. The van der Waals surface area contributed by atoms with Crippen LogP contribution in [0.3, 0.4) is 0 Å². The molecule has 0 aliphatic carbocycles. The van der Waals surface area contributed by atoms with Crippen LogP contribution in [-0.2, 0) is 0 Å². The van der Waals surface area contributed by atoms with Crippen molar-refractivity contribution in [3.05, 3.63) is 48.0 Å². The number of aliphatic hydroxyl groups excluding tert-OH is 1. The van der Waals surface area contributed by atoms with E-state index in [1.165, 1.54) is 0 Å². The van der Waals surface area contributed by atoms with E-state index in [2.05, 4.69) is 15.6 Å². The van der Waals surface area contributed by atoms with E-state index in [0.29, 0.717) is 36.4 Å². The molecule has 8 heteroatoms. The molecule has 2 aromatic carbocycles. The maximum absolute atomic E-state index is 10.4. The number of aliphatic imine (C=N–C) groups is 1. The quantitative estimate of drug-likeness (QED) is 0.268. The summed E-state index contributed by atoms with van der Waals surface area (Å²) < 4.78 is 16.1. The number of halogens is 1. The van der Waals surface area contributed by atoms with Gasteiger partial charge in [-0.1, -0.05) is 12.1 Å². The first kappa shape index (κ1) is 24.8. The summed E-state index contributed by atoms with van der Waals surface area (Å²) in [5, 5.41) is 16.8. The molecule has 0 aromatic heterocycles. The van der Waals surface area contributed by atoms with Gasteiger partial charge in [-0.3, -0.25) is 0 Å². The molecule has 1 unspecified atom stereocenters. The number of nitrogens with one attached hydrogen (secondary N) is 2. The summed E-state index contributed by atoms with van der Waals surface area (Å²) in [6.45, 7) is 5.37. The van der Waals surface area contributed by atoms with E-state index in [1.54, 1.807) is 20.3 Å². The molecule has 160 valence electrons. The summed E-state index contributed by atoms with van der Waals surface area (Å²) in [6.07, 6.45) is -0.736. The summed E-state index contributed by atoms with van der Waals surface area (Å²) >= 11 is 0. The predicted molar refractivity (Wildman–Crippen MR) is 127 cm³/mol. The molecule has 0 aliphatic rings. The fourth-order valence-electron chi connectivity index (χ4n) is 2.60. The van der Waals surface area contributed by atoms with Gasteiger partial charge >= 0.3 is 0 Å². The second-order valence-corrected chi connectivity index (χ2v) is 5.94. The van der Waals surface area contributed by atoms with Gasteiger partial charge in [-0.25, -0.2) is 4.99 Å². The molecule has 29 heavy (non-hydrogen) atoms. The van der Waals surface area contributed by atoms with Gasteiger partial charge in [-0.15, -0.1) is 24.0 Å². The van der Waals surface area contributed by atoms with Crippen molar-refractivity contribution in [2.45, 2.75) is 20.0 Å². The Kier molecular flexibility index (Phi) is 11.2. The SMILES string of the molecule is CCNC(=NCC(O)c1cccc(OC)c1)Nc1ccc(OCC)c(OC)c1.I. The highest BCUT2D eigenvalue weighted by atomic mass is 127. The first-order chi connectivity index (χ1) is 13.6. The molecule has 3 N–H and O–H groups in total. The van der Waals surface area contributed by atoms with Crippen LogP contribution in [-0.4, -0.2) is 45.0 Å². The van der Waals surface area contributed by atoms with Crippen molar-refractivity contribution >= 4 is 35.6 Å². The van der Waals surface area contributed by atoms with Gasteiger partial charge < -0.3 is 30.0 Å². The number of aliphatic hydroxyl groups is 1. The van der Waals surface area contributed by atoms with Gasteiger partial charge in [0, 0.05) is 18.3 Å². The van der Waals surface area contributed by atoms with Crippen molar-refractivity contribution in [3.63, 3.8) is 0 Å². The zero-order valence-corrected chi connectivity index (χ0v) is 19.6. The van der Waals surface area contributed by atoms with E-state index < -0.39 is 6.10 Å². The predicted octanol–water partition coefficient (Wildman–Crippen LogP) is 3.83. The van der Waals surface area contributed by atoms with Crippen molar-refractivity contribution < 1.29 is 19.3 Å².